The fraction of sp³-hybridized carbons (Fsp3) is 0.857. The van der Waals surface area contributed by atoms with Crippen molar-refractivity contribution < 1.29 is 0 Å². The van der Waals surface area contributed by atoms with Gasteiger partial charge in [0.25, 0.3) is 0 Å². The number of hydrogen-bond donors (Lipinski definition) is 0. The summed E-state index contributed by atoms with van der Waals surface area (Å²) in [6.45, 7) is 4.38. The van der Waals surface area contributed by atoms with Gasteiger partial charge in [0.05, 0.1) is 0 Å². The monoisotopic (exact) mass is 133 g/mol. The van der Waals surface area contributed by atoms with E-state index in [1.54, 1.807) is 0 Å². The first kappa shape index (κ1) is 8.29. The molecule has 0 N–H and O–H groups in total. The Morgan fingerprint density at radius 1 is 1.50 bits per heavy atom. The van der Waals surface area contributed by atoms with E-state index in [1.807, 2.05) is 0 Å². The Balaban J connectivity index is 2.72. The van der Waals surface area contributed by atoms with E-state index in [9.17, 15) is 0 Å². The number of alkyl halides is 1. The number of rotatable bonds is 4. The third kappa shape index (κ3) is 6.29. The van der Waals surface area contributed by atoms with Crippen LogP contribution in [0.1, 0.15) is 26.7 Å². The minimum atomic E-state index is 0.721. The van der Waals surface area contributed by atoms with Gasteiger partial charge in [-0.15, -0.1) is 11.6 Å². The molecule has 8 heavy (non-hydrogen) atoms. The van der Waals surface area contributed by atoms with Crippen LogP contribution < -0.4 is 0 Å². The molecule has 0 unspecified atom stereocenters. The maximum absolute atomic E-state index is 5.46. The average molecular weight is 134 g/mol. The van der Waals surface area contributed by atoms with Gasteiger partial charge in [-0.25, -0.2) is 0 Å². The molecule has 0 atom stereocenters. The van der Waals surface area contributed by atoms with Crippen LogP contribution in [0, 0.1) is 12.3 Å². The lowest BCUT2D eigenvalue weighted by molar-refractivity contribution is 0.694. The van der Waals surface area contributed by atoms with Crippen molar-refractivity contribution in [2.24, 2.45) is 5.92 Å². The first-order chi connectivity index (χ1) is 3.77. The normalized spacial score (nSPS) is 10.5. The molecule has 0 fully saturated rings. The van der Waals surface area contributed by atoms with Gasteiger partial charge in [0.1, 0.15) is 0 Å². The molecule has 1 heteroatoms. The van der Waals surface area contributed by atoms with Crippen LogP contribution in [0.5, 0.6) is 0 Å². The highest BCUT2D eigenvalue weighted by Crippen LogP contribution is 2.04. The summed E-state index contributed by atoms with van der Waals surface area (Å²) in [5, 5.41) is 0. The average Bonchev–Trinajstić information content (AvgIpc) is 1.66. The largest absolute Gasteiger partial charge is 0.127 e. The predicted molar refractivity (Wildman–Crippen MR) is 39.1 cm³/mol. The molecule has 0 aromatic rings. The van der Waals surface area contributed by atoms with Crippen molar-refractivity contribution in [1.29, 1.82) is 0 Å². The Kier molecular flexibility index (Phi) is 5.62. The van der Waals surface area contributed by atoms with E-state index in [4.69, 9.17) is 11.6 Å². The molecule has 0 nitrogen and oxygen atoms in total. The van der Waals surface area contributed by atoms with Crippen molar-refractivity contribution in [2.75, 3.05) is 5.88 Å². The molecule has 0 aromatic carbocycles. The second kappa shape index (κ2) is 5.43. The second-order valence-corrected chi connectivity index (χ2v) is 2.69. The first-order valence-corrected chi connectivity index (χ1v) is 3.70. The quantitative estimate of drug-likeness (QED) is 0.409. The molecule has 0 aliphatic rings. The van der Waals surface area contributed by atoms with Gasteiger partial charge in [-0.1, -0.05) is 13.8 Å². The highest BCUT2D eigenvalue weighted by atomic mass is 35.5. The molecule has 0 bridgehead atoms. The zero-order valence-electron chi connectivity index (χ0n) is 5.65. The molecule has 0 spiro atoms. The molecular weight excluding hydrogens is 120 g/mol. The molecule has 0 aliphatic heterocycles. The SMILES string of the molecule is CC(C)[CH]CCCCl. The standard InChI is InChI=1S/C7H14Cl/c1-7(2)5-3-4-6-8/h5,7H,3-4,6H2,1-2H3. The van der Waals surface area contributed by atoms with Crippen molar-refractivity contribution >= 4 is 11.6 Å². The Bertz CT molecular complexity index is 41.7. The summed E-state index contributed by atoms with van der Waals surface area (Å²) in [6, 6.07) is 0. The smallest absolute Gasteiger partial charge is 0.0223 e. The van der Waals surface area contributed by atoms with E-state index in [0.29, 0.717) is 0 Å². The van der Waals surface area contributed by atoms with Crippen molar-refractivity contribution in [3.63, 3.8) is 0 Å². The van der Waals surface area contributed by atoms with Crippen molar-refractivity contribution in [3.05, 3.63) is 6.42 Å². The zero-order valence-corrected chi connectivity index (χ0v) is 6.41. The van der Waals surface area contributed by atoms with Gasteiger partial charge >= 0.3 is 0 Å². The molecule has 0 rings (SSSR count). The lowest BCUT2D eigenvalue weighted by Crippen LogP contribution is -1.87. The van der Waals surface area contributed by atoms with E-state index < -0.39 is 0 Å². The summed E-state index contributed by atoms with van der Waals surface area (Å²) < 4.78 is 0. The lowest BCUT2D eigenvalue weighted by Gasteiger charge is -1.99. The van der Waals surface area contributed by atoms with Gasteiger partial charge in [0, 0.05) is 5.88 Å². The van der Waals surface area contributed by atoms with Crippen LogP contribution in [-0.2, 0) is 0 Å². The van der Waals surface area contributed by atoms with Gasteiger partial charge in [-0.3, -0.25) is 0 Å². The molecule has 0 saturated carbocycles. The highest BCUT2D eigenvalue weighted by molar-refractivity contribution is 6.17. The molecule has 0 aromatic heterocycles. The lowest BCUT2D eigenvalue weighted by atomic mass is 10.1. The number of hydrogen-bond acceptors (Lipinski definition) is 0. The van der Waals surface area contributed by atoms with Gasteiger partial charge < -0.3 is 0 Å². The molecular formula is C7H14Cl. The molecule has 0 aliphatic carbocycles. The zero-order chi connectivity index (χ0) is 6.41. The second-order valence-electron chi connectivity index (χ2n) is 2.31. The van der Waals surface area contributed by atoms with Crippen molar-refractivity contribution in [2.45, 2.75) is 26.7 Å². The molecule has 0 heterocycles. The summed E-state index contributed by atoms with van der Waals surface area (Å²) in [6.07, 6.45) is 4.59. The van der Waals surface area contributed by atoms with Crippen molar-refractivity contribution in [3.8, 4) is 0 Å². The van der Waals surface area contributed by atoms with Gasteiger partial charge in [-0.05, 0) is 25.2 Å². The summed E-state index contributed by atoms with van der Waals surface area (Å²) in [4.78, 5) is 0. The van der Waals surface area contributed by atoms with E-state index >= 15 is 0 Å². The number of unbranched alkanes of at least 4 members (excludes halogenated alkanes) is 1. The van der Waals surface area contributed by atoms with E-state index in [0.717, 1.165) is 18.2 Å². The maximum atomic E-state index is 5.46. The first-order valence-electron chi connectivity index (χ1n) is 3.16. The van der Waals surface area contributed by atoms with Crippen LogP contribution in [0.4, 0.5) is 0 Å². The van der Waals surface area contributed by atoms with Crippen LogP contribution in [-0.4, -0.2) is 5.88 Å². The fourth-order valence-electron chi connectivity index (χ4n) is 0.528. The van der Waals surface area contributed by atoms with E-state index in [1.165, 1.54) is 6.42 Å². The van der Waals surface area contributed by atoms with Crippen LogP contribution in [0.25, 0.3) is 0 Å². The topological polar surface area (TPSA) is 0 Å². The highest BCUT2D eigenvalue weighted by Gasteiger charge is 1.91. The third-order valence-electron chi connectivity index (χ3n) is 0.976. The minimum Gasteiger partial charge on any atom is -0.127 e. The number of halogens is 1. The van der Waals surface area contributed by atoms with Crippen LogP contribution >= 0.6 is 11.6 Å². The van der Waals surface area contributed by atoms with Crippen LogP contribution in [0.15, 0.2) is 0 Å². The minimum absolute atomic E-state index is 0.721. The Morgan fingerprint density at radius 2 is 2.12 bits per heavy atom. The van der Waals surface area contributed by atoms with Gasteiger partial charge in [0.15, 0.2) is 0 Å². The molecule has 0 amide bonds. The van der Waals surface area contributed by atoms with Crippen LogP contribution in [0.3, 0.4) is 0 Å². The fourth-order valence-corrected chi connectivity index (χ4v) is 0.683. The van der Waals surface area contributed by atoms with E-state index in [2.05, 4.69) is 20.3 Å². The maximum Gasteiger partial charge on any atom is 0.0223 e. The Hall–Kier alpha value is 0.290. The summed E-state index contributed by atoms with van der Waals surface area (Å²) in [5.74, 6) is 1.52. The van der Waals surface area contributed by atoms with Gasteiger partial charge in [0.2, 0.25) is 0 Å². The van der Waals surface area contributed by atoms with Crippen LogP contribution in [0.2, 0.25) is 0 Å². The Labute approximate surface area is 57.2 Å². The molecule has 1 radical (unpaired) electrons. The molecule has 49 valence electrons. The summed E-state index contributed by atoms with van der Waals surface area (Å²) in [7, 11) is 0. The van der Waals surface area contributed by atoms with Crippen molar-refractivity contribution in [1.82, 2.24) is 0 Å². The summed E-state index contributed by atoms with van der Waals surface area (Å²) >= 11 is 5.46. The Morgan fingerprint density at radius 3 is 2.50 bits per heavy atom. The third-order valence-corrected chi connectivity index (χ3v) is 1.24. The summed E-state index contributed by atoms with van der Waals surface area (Å²) in [5.41, 5.74) is 0. The predicted octanol–water partition coefficient (Wildman–Crippen LogP) is 2.87. The van der Waals surface area contributed by atoms with E-state index in [-0.39, 0.29) is 0 Å². The molecule has 0 saturated heterocycles. The van der Waals surface area contributed by atoms with Gasteiger partial charge in [-0.2, -0.15) is 0 Å².